The molecule has 3 nitrogen and oxygen atoms in total. The van der Waals surface area contributed by atoms with Crippen LogP contribution in [0.2, 0.25) is 0 Å². The van der Waals surface area contributed by atoms with Crippen LogP contribution in [0.3, 0.4) is 0 Å². The molecule has 0 heterocycles. The Morgan fingerprint density at radius 2 is 1.04 bits per heavy atom. The average Bonchev–Trinajstić information content (AvgIpc) is 2.57. The topological polar surface area (TPSA) is 26.3 Å². The first-order valence-electron chi connectivity index (χ1n) is 11.4. The molecule has 0 saturated carbocycles. The molecule has 0 fully saturated rings. The second kappa shape index (κ2) is 16.6. The maximum absolute atomic E-state index is 11.8. The van der Waals surface area contributed by atoms with Gasteiger partial charge in [0.25, 0.3) is 0 Å². The van der Waals surface area contributed by atoms with E-state index < -0.39 is 0 Å². The van der Waals surface area contributed by atoms with Crippen molar-refractivity contribution >= 4 is 5.97 Å². The van der Waals surface area contributed by atoms with Gasteiger partial charge in [-0.1, -0.05) is 96.8 Å². The van der Waals surface area contributed by atoms with Gasteiger partial charge in [0.05, 0.1) is 21.1 Å². The summed E-state index contributed by atoms with van der Waals surface area (Å²) in [5.74, 6) is -0.0414. The second-order valence-corrected chi connectivity index (χ2v) is 8.91. The first-order chi connectivity index (χ1) is 12.4. The van der Waals surface area contributed by atoms with Gasteiger partial charge in [-0.15, -0.1) is 0 Å². The highest BCUT2D eigenvalue weighted by atomic mass is 16.6. The largest absolute Gasteiger partial charge is 0.413 e. The summed E-state index contributed by atoms with van der Waals surface area (Å²) < 4.78 is 6.12. The van der Waals surface area contributed by atoms with Gasteiger partial charge in [0.1, 0.15) is 0 Å². The summed E-state index contributed by atoms with van der Waals surface area (Å²) in [4.78, 5) is 11.8. The van der Waals surface area contributed by atoms with Crippen LogP contribution in [0.15, 0.2) is 0 Å². The Labute approximate surface area is 164 Å². The van der Waals surface area contributed by atoms with Crippen LogP contribution in [0.1, 0.15) is 117 Å². The number of ether oxygens (including phenoxy) is 1. The van der Waals surface area contributed by atoms with Gasteiger partial charge in [-0.3, -0.25) is 9.28 Å². The van der Waals surface area contributed by atoms with E-state index in [1.54, 1.807) is 0 Å². The molecule has 0 saturated heterocycles. The van der Waals surface area contributed by atoms with Gasteiger partial charge in [0.15, 0.2) is 0 Å². The quantitative estimate of drug-likeness (QED) is 0.114. The SMILES string of the molecule is CCCCCCCCCCCCCCCCCC(=O)OC(C)[N+](C)(C)C. The zero-order chi connectivity index (χ0) is 19.7. The van der Waals surface area contributed by atoms with Crippen molar-refractivity contribution in [2.24, 2.45) is 0 Å². The minimum atomic E-state index is -0.0705. The molecule has 0 aliphatic rings. The number of quaternary nitrogens is 1. The van der Waals surface area contributed by atoms with Gasteiger partial charge in [-0.2, -0.15) is 0 Å². The molecule has 0 amide bonds. The smallest absolute Gasteiger partial charge is 0.310 e. The predicted molar refractivity (Wildman–Crippen MR) is 113 cm³/mol. The third-order valence-corrected chi connectivity index (χ3v) is 5.38. The van der Waals surface area contributed by atoms with E-state index in [4.69, 9.17) is 4.74 Å². The highest BCUT2D eigenvalue weighted by molar-refractivity contribution is 5.69. The van der Waals surface area contributed by atoms with Crippen molar-refractivity contribution in [3.8, 4) is 0 Å². The molecule has 0 aliphatic heterocycles. The third kappa shape index (κ3) is 16.9. The van der Waals surface area contributed by atoms with Crippen LogP contribution in [0.4, 0.5) is 0 Å². The number of nitrogens with zero attached hydrogens (tertiary/aromatic N) is 1. The lowest BCUT2D eigenvalue weighted by atomic mass is 10.0. The Kier molecular flexibility index (Phi) is 16.2. The maximum atomic E-state index is 11.8. The Morgan fingerprint density at radius 3 is 1.38 bits per heavy atom. The van der Waals surface area contributed by atoms with Crippen molar-refractivity contribution < 1.29 is 14.0 Å². The van der Waals surface area contributed by atoms with E-state index in [9.17, 15) is 4.79 Å². The van der Waals surface area contributed by atoms with Crippen LogP contribution >= 0.6 is 0 Å². The fourth-order valence-corrected chi connectivity index (χ4v) is 3.05. The van der Waals surface area contributed by atoms with Gasteiger partial charge in [0.2, 0.25) is 6.23 Å². The van der Waals surface area contributed by atoms with E-state index in [-0.39, 0.29) is 12.2 Å². The first kappa shape index (κ1) is 25.4. The molecular weight excluding hydrogens is 322 g/mol. The number of rotatable bonds is 18. The molecule has 0 rings (SSSR count). The molecule has 1 atom stereocenters. The van der Waals surface area contributed by atoms with Gasteiger partial charge in [-0.05, 0) is 6.42 Å². The lowest BCUT2D eigenvalue weighted by molar-refractivity contribution is -0.914. The van der Waals surface area contributed by atoms with Crippen LogP contribution in [-0.4, -0.2) is 37.8 Å². The molecule has 156 valence electrons. The van der Waals surface area contributed by atoms with E-state index in [2.05, 4.69) is 6.92 Å². The van der Waals surface area contributed by atoms with Crippen LogP contribution in [0.5, 0.6) is 0 Å². The summed E-state index contributed by atoms with van der Waals surface area (Å²) in [6.07, 6.45) is 20.7. The van der Waals surface area contributed by atoms with Crippen molar-refractivity contribution in [3.63, 3.8) is 0 Å². The first-order valence-corrected chi connectivity index (χ1v) is 11.4. The summed E-state index contributed by atoms with van der Waals surface area (Å²) in [5.41, 5.74) is 0. The lowest BCUT2D eigenvalue weighted by Crippen LogP contribution is -2.45. The molecule has 0 radical (unpaired) electrons. The van der Waals surface area contributed by atoms with Crippen LogP contribution < -0.4 is 0 Å². The molecule has 26 heavy (non-hydrogen) atoms. The average molecular weight is 371 g/mol. The molecular formula is C23H48NO2+. The highest BCUT2D eigenvalue weighted by Gasteiger charge is 2.21. The van der Waals surface area contributed by atoms with Crippen molar-refractivity contribution in [2.45, 2.75) is 123 Å². The Morgan fingerprint density at radius 1 is 0.692 bits per heavy atom. The maximum Gasteiger partial charge on any atom is 0.310 e. The molecule has 0 aromatic carbocycles. The van der Waals surface area contributed by atoms with Crippen molar-refractivity contribution in [1.82, 2.24) is 0 Å². The van der Waals surface area contributed by atoms with E-state index in [1.165, 1.54) is 83.5 Å². The van der Waals surface area contributed by atoms with Gasteiger partial charge < -0.3 is 4.74 Å². The Hall–Kier alpha value is -0.570. The number of esters is 1. The number of unbranched alkanes of at least 4 members (excludes halogenated alkanes) is 14. The zero-order valence-corrected chi connectivity index (χ0v) is 18.7. The fourth-order valence-electron chi connectivity index (χ4n) is 3.05. The molecule has 0 aromatic rings. The van der Waals surface area contributed by atoms with E-state index in [0.29, 0.717) is 10.9 Å². The highest BCUT2D eigenvalue weighted by Crippen LogP contribution is 2.14. The normalized spacial score (nSPS) is 13.0. The Bertz CT molecular complexity index is 323. The summed E-state index contributed by atoms with van der Waals surface area (Å²) in [5, 5.41) is 0. The second-order valence-electron chi connectivity index (χ2n) is 8.91. The van der Waals surface area contributed by atoms with Crippen molar-refractivity contribution in [2.75, 3.05) is 21.1 Å². The molecule has 0 aliphatic carbocycles. The molecule has 0 aromatic heterocycles. The minimum absolute atomic E-state index is 0.0414. The van der Waals surface area contributed by atoms with Gasteiger partial charge in [-0.25, -0.2) is 0 Å². The lowest BCUT2D eigenvalue weighted by Gasteiger charge is -2.30. The number of carbonyl (C=O) groups excluding carboxylic acids is 1. The fraction of sp³-hybridized carbons (Fsp3) is 0.957. The van der Waals surface area contributed by atoms with Crippen LogP contribution in [0, 0.1) is 0 Å². The third-order valence-electron chi connectivity index (χ3n) is 5.38. The molecule has 0 spiro atoms. The summed E-state index contributed by atoms with van der Waals surface area (Å²) >= 11 is 0. The number of carbonyl (C=O) groups is 1. The van der Waals surface area contributed by atoms with E-state index >= 15 is 0 Å². The summed E-state index contributed by atoms with van der Waals surface area (Å²) in [7, 11) is 6.14. The standard InChI is InChI=1S/C23H48NO2/c1-6-7-8-9-10-11-12-13-14-15-16-17-18-19-20-21-23(25)26-22(2)24(3,4)5/h22H,6-21H2,1-5H3/q+1. The molecule has 3 heteroatoms. The van der Waals surface area contributed by atoms with Crippen LogP contribution in [0.25, 0.3) is 0 Å². The van der Waals surface area contributed by atoms with E-state index in [1.807, 2.05) is 28.1 Å². The number of hydrogen-bond acceptors (Lipinski definition) is 2. The van der Waals surface area contributed by atoms with E-state index in [0.717, 1.165) is 12.8 Å². The summed E-state index contributed by atoms with van der Waals surface area (Å²) in [6, 6.07) is 0. The van der Waals surface area contributed by atoms with Gasteiger partial charge in [0, 0.05) is 13.3 Å². The monoisotopic (exact) mass is 370 g/mol. The number of hydrogen-bond donors (Lipinski definition) is 0. The zero-order valence-electron chi connectivity index (χ0n) is 18.7. The van der Waals surface area contributed by atoms with Crippen LogP contribution in [-0.2, 0) is 9.53 Å². The predicted octanol–water partition coefficient (Wildman–Crippen LogP) is 6.84. The van der Waals surface area contributed by atoms with Crippen molar-refractivity contribution in [1.29, 1.82) is 0 Å². The Balaban J connectivity index is 3.25. The minimum Gasteiger partial charge on any atom is -0.413 e. The van der Waals surface area contributed by atoms with Crippen molar-refractivity contribution in [3.05, 3.63) is 0 Å². The molecule has 1 unspecified atom stereocenters. The molecule has 0 N–H and O–H groups in total. The summed E-state index contributed by atoms with van der Waals surface area (Å²) in [6.45, 7) is 4.24. The van der Waals surface area contributed by atoms with Gasteiger partial charge >= 0.3 is 5.97 Å². The molecule has 0 bridgehead atoms.